The molecule has 0 radical (unpaired) electrons. The van der Waals surface area contributed by atoms with Crippen molar-refractivity contribution in [3.05, 3.63) is 67.5 Å². The third-order valence-corrected chi connectivity index (χ3v) is 6.96. The molecule has 2 heterocycles. The van der Waals surface area contributed by atoms with Crippen LogP contribution in [-0.4, -0.2) is 51.6 Å². The predicted octanol–water partition coefficient (Wildman–Crippen LogP) is 3.49. The van der Waals surface area contributed by atoms with Gasteiger partial charge in [-0.1, -0.05) is 34.2 Å². The molecule has 3 atom stereocenters. The van der Waals surface area contributed by atoms with Gasteiger partial charge in [0.2, 0.25) is 5.43 Å². The van der Waals surface area contributed by atoms with Gasteiger partial charge in [-0.15, -0.1) is 0 Å². The van der Waals surface area contributed by atoms with Crippen LogP contribution in [0.1, 0.15) is 41.8 Å². The molecule has 1 aliphatic heterocycles. The standard InChI is InChI=1S/C24H26BrNO6/c1-12-19(22(30)13-6-4-3-5-7-15(13)25)23(31)21-17(28)10-16(27)20(24(21)32-12)14-8-9-26(2)11-18(14)29/h3,5-7,10,14,18,22,27-30H,4,8-9,11H2,1-2H3. The minimum Gasteiger partial charge on any atom is -0.507 e. The number of halogens is 1. The molecule has 4 rings (SSSR count). The Morgan fingerprint density at radius 1 is 1.28 bits per heavy atom. The number of hydrogen-bond donors (Lipinski definition) is 4. The summed E-state index contributed by atoms with van der Waals surface area (Å²) in [5.74, 6) is -0.943. The molecule has 1 aromatic heterocycles. The number of β-amino-alcohol motifs (C(OH)–C–C–N with tert-alkyl or cyclic N) is 1. The van der Waals surface area contributed by atoms with E-state index in [1.807, 2.05) is 30.2 Å². The first-order valence-corrected chi connectivity index (χ1v) is 11.3. The summed E-state index contributed by atoms with van der Waals surface area (Å²) in [6, 6.07) is 1.11. The first kappa shape index (κ1) is 22.8. The number of phenols is 2. The van der Waals surface area contributed by atoms with Crippen molar-refractivity contribution in [2.75, 3.05) is 20.1 Å². The molecule has 0 amide bonds. The number of benzene rings is 1. The molecule has 2 aliphatic rings. The quantitative estimate of drug-likeness (QED) is 0.506. The molecule has 170 valence electrons. The van der Waals surface area contributed by atoms with Gasteiger partial charge in [0, 0.05) is 28.6 Å². The lowest BCUT2D eigenvalue weighted by atomic mass is 9.85. The van der Waals surface area contributed by atoms with Crippen LogP contribution in [0.5, 0.6) is 11.5 Å². The largest absolute Gasteiger partial charge is 0.507 e. The molecule has 32 heavy (non-hydrogen) atoms. The van der Waals surface area contributed by atoms with Crippen LogP contribution in [0.15, 0.2) is 49.6 Å². The number of aryl methyl sites for hydroxylation is 1. The molecule has 0 bridgehead atoms. The van der Waals surface area contributed by atoms with Gasteiger partial charge in [0.05, 0.1) is 11.7 Å². The summed E-state index contributed by atoms with van der Waals surface area (Å²) in [5, 5.41) is 42.8. The van der Waals surface area contributed by atoms with Crippen LogP contribution in [-0.2, 0) is 0 Å². The van der Waals surface area contributed by atoms with Gasteiger partial charge in [-0.2, -0.15) is 0 Å². The molecule has 1 aromatic carbocycles. The zero-order valence-electron chi connectivity index (χ0n) is 17.9. The summed E-state index contributed by atoms with van der Waals surface area (Å²) in [7, 11) is 1.90. The van der Waals surface area contributed by atoms with Crippen molar-refractivity contribution in [1.29, 1.82) is 0 Å². The van der Waals surface area contributed by atoms with Crippen molar-refractivity contribution >= 4 is 26.9 Å². The number of rotatable bonds is 3. The van der Waals surface area contributed by atoms with E-state index in [2.05, 4.69) is 15.9 Å². The van der Waals surface area contributed by atoms with Gasteiger partial charge in [0.1, 0.15) is 34.3 Å². The maximum atomic E-state index is 13.5. The van der Waals surface area contributed by atoms with Crippen LogP contribution in [0.2, 0.25) is 0 Å². The van der Waals surface area contributed by atoms with E-state index >= 15 is 0 Å². The molecule has 0 saturated carbocycles. The SMILES string of the molecule is Cc1oc2c(C3CCN(C)CC3O)c(O)cc(O)c2c(=O)c1C(O)C1=CCC=CC=C1Br. The zero-order chi connectivity index (χ0) is 23.2. The van der Waals surface area contributed by atoms with Gasteiger partial charge >= 0.3 is 0 Å². The lowest BCUT2D eigenvalue weighted by Crippen LogP contribution is -2.40. The number of aliphatic hydroxyl groups excluding tert-OH is 2. The molecule has 1 saturated heterocycles. The summed E-state index contributed by atoms with van der Waals surface area (Å²) < 4.78 is 6.63. The maximum absolute atomic E-state index is 13.5. The number of likely N-dealkylation sites (N-methyl/N-ethyl adjacent to an activating group) is 1. The number of fused-ring (bicyclic) bond motifs is 1. The molecule has 1 fully saturated rings. The van der Waals surface area contributed by atoms with Crippen LogP contribution < -0.4 is 5.43 Å². The Bertz CT molecular complexity index is 1210. The summed E-state index contributed by atoms with van der Waals surface area (Å²) in [4.78, 5) is 15.5. The lowest BCUT2D eigenvalue weighted by molar-refractivity contribution is 0.0630. The third-order valence-electron chi connectivity index (χ3n) is 6.24. The topological polar surface area (TPSA) is 114 Å². The van der Waals surface area contributed by atoms with E-state index in [-0.39, 0.29) is 28.0 Å². The number of phenolic OH excluding ortho intramolecular Hbond substituents is 2. The minimum atomic E-state index is -1.27. The van der Waals surface area contributed by atoms with Crippen LogP contribution in [0, 0.1) is 6.92 Å². The Kier molecular flexibility index (Phi) is 6.31. The Morgan fingerprint density at radius 3 is 2.75 bits per heavy atom. The number of piperidine rings is 1. The average molecular weight is 504 g/mol. The normalized spacial score (nSPS) is 23.0. The molecular formula is C24H26BrNO6. The average Bonchev–Trinajstić information content (AvgIpc) is 2.93. The summed E-state index contributed by atoms with van der Waals surface area (Å²) in [6.07, 6.45) is 6.47. The van der Waals surface area contributed by atoms with Crippen molar-refractivity contribution in [1.82, 2.24) is 4.90 Å². The van der Waals surface area contributed by atoms with E-state index in [0.717, 1.165) is 6.07 Å². The van der Waals surface area contributed by atoms with Gasteiger partial charge in [0.25, 0.3) is 0 Å². The van der Waals surface area contributed by atoms with Crippen LogP contribution >= 0.6 is 15.9 Å². The van der Waals surface area contributed by atoms with Crippen molar-refractivity contribution in [2.45, 2.75) is 37.9 Å². The van der Waals surface area contributed by atoms with E-state index in [1.54, 1.807) is 13.0 Å². The van der Waals surface area contributed by atoms with Crippen molar-refractivity contribution in [3.8, 4) is 11.5 Å². The Hall–Kier alpha value is -2.39. The molecule has 8 heteroatoms. The molecule has 2 aromatic rings. The van der Waals surface area contributed by atoms with Crippen molar-refractivity contribution in [2.24, 2.45) is 0 Å². The number of aliphatic hydroxyl groups is 2. The summed E-state index contributed by atoms with van der Waals surface area (Å²) >= 11 is 3.44. The lowest BCUT2D eigenvalue weighted by Gasteiger charge is -2.34. The van der Waals surface area contributed by atoms with Crippen LogP contribution in [0.4, 0.5) is 0 Å². The monoisotopic (exact) mass is 503 g/mol. The Morgan fingerprint density at radius 2 is 2.03 bits per heavy atom. The van der Waals surface area contributed by atoms with E-state index in [4.69, 9.17) is 4.42 Å². The highest BCUT2D eigenvalue weighted by Gasteiger charge is 2.34. The minimum absolute atomic E-state index is 0.0202. The highest BCUT2D eigenvalue weighted by Crippen LogP contribution is 2.43. The highest BCUT2D eigenvalue weighted by atomic mass is 79.9. The molecule has 1 aliphatic carbocycles. The number of allylic oxidation sites excluding steroid dienone is 4. The van der Waals surface area contributed by atoms with Gasteiger partial charge in [-0.3, -0.25) is 4.79 Å². The van der Waals surface area contributed by atoms with Gasteiger partial charge < -0.3 is 29.7 Å². The molecule has 4 N–H and O–H groups in total. The summed E-state index contributed by atoms with van der Waals surface area (Å²) in [5.41, 5.74) is 0.316. The third kappa shape index (κ3) is 3.92. The number of aromatic hydroxyl groups is 2. The zero-order valence-corrected chi connectivity index (χ0v) is 19.5. The van der Waals surface area contributed by atoms with Gasteiger partial charge in [-0.25, -0.2) is 0 Å². The second-order valence-corrected chi connectivity index (χ2v) is 9.25. The van der Waals surface area contributed by atoms with Crippen LogP contribution in [0.3, 0.4) is 0 Å². The van der Waals surface area contributed by atoms with Crippen LogP contribution in [0.25, 0.3) is 11.0 Å². The summed E-state index contributed by atoms with van der Waals surface area (Å²) in [6.45, 7) is 2.68. The molecular weight excluding hydrogens is 478 g/mol. The molecule has 7 nitrogen and oxygen atoms in total. The first-order chi connectivity index (χ1) is 15.2. The predicted molar refractivity (Wildman–Crippen MR) is 125 cm³/mol. The van der Waals surface area contributed by atoms with Gasteiger partial charge in [0.15, 0.2) is 0 Å². The van der Waals surface area contributed by atoms with E-state index < -0.39 is 29.3 Å². The molecule has 3 unspecified atom stereocenters. The molecule has 0 spiro atoms. The number of nitrogens with zero attached hydrogens (tertiary/aromatic N) is 1. The second-order valence-electron chi connectivity index (χ2n) is 8.40. The highest BCUT2D eigenvalue weighted by molar-refractivity contribution is 9.12. The van der Waals surface area contributed by atoms with Gasteiger partial charge in [-0.05, 0) is 45.0 Å². The van der Waals surface area contributed by atoms with E-state index in [0.29, 0.717) is 41.6 Å². The number of likely N-dealkylation sites (tertiary alicyclic amines) is 1. The Labute approximate surface area is 193 Å². The maximum Gasteiger partial charge on any atom is 0.202 e. The Balaban J connectivity index is 1.91. The fraction of sp³-hybridized carbons (Fsp3) is 0.375. The first-order valence-electron chi connectivity index (χ1n) is 10.5. The van der Waals surface area contributed by atoms with E-state index in [9.17, 15) is 25.2 Å². The van der Waals surface area contributed by atoms with Crippen molar-refractivity contribution < 1.29 is 24.8 Å². The fourth-order valence-electron chi connectivity index (χ4n) is 4.59. The van der Waals surface area contributed by atoms with E-state index in [1.165, 1.54) is 0 Å². The van der Waals surface area contributed by atoms with Crippen molar-refractivity contribution in [3.63, 3.8) is 0 Å². The fourth-order valence-corrected chi connectivity index (χ4v) is 5.13. The second kappa shape index (κ2) is 8.86. The smallest absolute Gasteiger partial charge is 0.202 e. The number of hydrogen-bond acceptors (Lipinski definition) is 7.